The molecule has 0 aliphatic rings. The largest absolute Gasteiger partial charge is 0.305 e. The highest BCUT2D eigenvalue weighted by Gasteiger charge is 2.14. The van der Waals surface area contributed by atoms with Crippen LogP contribution in [0.25, 0.3) is 22.0 Å². The summed E-state index contributed by atoms with van der Waals surface area (Å²) in [5.74, 6) is 0.568. The smallest absolute Gasteiger partial charge is 0.266 e. The third-order valence-corrected chi connectivity index (χ3v) is 5.32. The van der Waals surface area contributed by atoms with Crippen molar-refractivity contribution in [3.63, 3.8) is 0 Å². The summed E-state index contributed by atoms with van der Waals surface area (Å²) in [5.41, 5.74) is 1.36. The molecule has 2 aromatic heterocycles. The highest BCUT2D eigenvalue weighted by atomic mass is 79.9. The minimum atomic E-state index is -0.186. The monoisotopic (exact) mass is 410 g/mol. The van der Waals surface area contributed by atoms with E-state index in [2.05, 4.69) is 41.8 Å². The van der Waals surface area contributed by atoms with Crippen LogP contribution in [0, 0.1) is 0 Å². The van der Waals surface area contributed by atoms with Crippen LogP contribution < -0.4 is 5.56 Å². The maximum Gasteiger partial charge on any atom is 0.266 e. The average Bonchev–Trinajstić information content (AvgIpc) is 2.89. The van der Waals surface area contributed by atoms with Gasteiger partial charge in [-0.25, -0.2) is 4.98 Å². The molecule has 0 saturated carbocycles. The van der Waals surface area contributed by atoms with Crippen LogP contribution in [-0.2, 0) is 0 Å². The van der Waals surface area contributed by atoms with Crippen molar-refractivity contribution >= 4 is 43.2 Å². The standard InChI is InChI=1S/C14H8Br2N2OS/c15-9-6-7-20-12(9)13-17-11(10(16)14(19)18-13)8-4-2-1-3-5-8/h1-7H,(H,17,18,19). The van der Waals surface area contributed by atoms with Crippen molar-refractivity contribution in [2.75, 3.05) is 0 Å². The lowest BCUT2D eigenvalue weighted by Crippen LogP contribution is -2.11. The summed E-state index contributed by atoms with van der Waals surface area (Å²) >= 11 is 8.31. The number of benzene rings is 1. The molecule has 1 aromatic carbocycles. The number of nitrogens with one attached hydrogen (secondary N) is 1. The highest BCUT2D eigenvalue weighted by Crippen LogP contribution is 2.32. The van der Waals surface area contributed by atoms with E-state index in [1.165, 1.54) is 11.3 Å². The maximum absolute atomic E-state index is 12.1. The third kappa shape index (κ3) is 2.51. The van der Waals surface area contributed by atoms with E-state index < -0.39 is 0 Å². The van der Waals surface area contributed by atoms with Gasteiger partial charge in [0.2, 0.25) is 0 Å². The molecule has 0 saturated heterocycles. The Morgan fingerprint density at radius 3 is 2.50 bits per heavy atom. The van der Waals surface area contributed by atoms with Crippen LogP contribution in [0.2, 0.25) is 0 Å². The molecule has 3 rings (SSSR count). The average molecular weight is 412 g/mol. The summed E-state index contributed by atoms with van der Waals surface area (Å²) in [6.45, 7) is 0. The minimum Gasteiger partial charge on any atom is -0.305 e. The number of aromatic amines is 1. The van der Waals surface area contributed by atoms with E-state index in [1.807, 2.05) is 41.8 Å². The van der Waals surface area contributed by atoms with Crippen LogP contribution in [0.4, 0.5) is 0 Å². The quantitative estimate of drug-likeness (QED) is 0.664. The molecule has 0 aliphatic carbocycles. The number of halogens is 2. The maximum atomic E-state index is 12.1. The SMILES string of the molecule is O=c1[nH]c(-c2sccc2Br)nc(-c2ccccc2)c1Br. The van der Waals surface area contributed by atoms with Gasteiger partial charge in [-0.1, -0.05) is 30.3 Å². The molecule has 0 unspecified atom stereocenters. The van der Waals surface area contributed by atoms with Gasteiger partial charge in [-0.2, -0.15) is 0 Å². The molecule has 0 bridgehead atoms. The lowest BCUT2D eigenvalue weighted by atomic mass is 10.1. The number of hydrogen-bond donors (Lipinski definition) is 1. The van der Waals surface area contributed by atoms with Crippen molar-refractivity contribution in [2.45, 2.75) is 0 Å². The Morgan fingerprint density at radius 1 is 1.10 bits per heavy atom. The second-order valence-electron chi connectivity index (χ2n) is 4.04. The van der Waals surface area contributed by atoms with Gasteiger partial charge in [0.05, 0.1) is 10.6 Å². The van der Waals surface area contributed by atoms with E-state index in [0.29, 0.717) is 16.0 Å². The molecule has 1 N–H and O–H groups in total. The molecule has 2 heterocycles. The summed E-state index contributed by atoms with van der Waals surface area (Å²) in [6.07, 6.45) is 0. The van der Waals surface area contributed by atoms with Crippen LogP contribution in [0.1, 0.15) is 0 Å². The van der Waals surface area contributed by atoms with Gasteiger partial charge in [0.1, 0.15) is 4.47 Å². The zero-order valence-corrected chi connectivity index (χ0v) is 14.0. The second-order valence-corrected chi connectivity index (χ2v) is 6.60. The van der Waals surface area contributed by atoms with Gasteiger partial charge in [0.25, 0.3) is 5.56 Å². The Bertz CT molecular complexity index is 812. The summed E-state index contributed by atoms with van der Waals surface area (Å²) in [7, 11) is 0. The molecule has 3 nitrogen and oxygen atoms in total. The van der Waals surface area contributed by atoms with Crippen molar-refractivity contribution in [3.05, 3.63) is 61.1 Å². The summed E-state index contributed by atoms with van der Waals surface area (Å²) in [4.78, 5) is 20.4. The minimum absolute atomic E-state index is 0.186. The molecule has 6 heteroatoms. The van der Waals surface area contributed by atoms with Crippen LogP contribution in [0.3, 0.4) is 0 Å². The van der Waals surface area contributed by atoms with E-state index in [1.54, 1.807) is 0 Å². The number of nitrogens with zero attached hydrogens (tertiary/aromatic N) is 1. The van der Waals surface area contributed by atoms with Crippen LogP contribution >= 0.6 is 43.2 Å². The lowest BCUT2D eigenvalue weighted by Gasteiger charge is -2.06. The van der Waals surface area contributed by atoms with Crippen LogP contribution in [0.15, 0.2) is 55.5 Å². The summed E-state index contributed by atoms with van der Waals surface area (Å²) in [6, 6.07) is 11.6. The van der Waals surface area contributed by atoms with E-state index >= 15 is 0 Å². The molecule has 0 amide bonds. The Kier molecular flexibility index (Phi) is 3.87. The molecule has 0 aliphatic heterocycles. The first-order valence-corrected chi connectivity index (χ1v) is 8.22. The van der Waals surface area contributed by atoms with Crippen LogP contribution in [0.5, 0.6) is 0 Å². The topological polar surface area (TPSA) is 45.8 Å². The molecule has 20 heavy (non-hydrogen) atoms. The van der Waals surface area contributed by atoms with Gasteiger partial charge >= 0.3 is 0 Å². The predicted molar refractivity (Wildman–Crippen MR) is 89.0 cm³/mol. The van der Waals surface area contributed by atoms with Crippen molar-refractivity contribution in [1.82, 2.24) is 9.97 Å². The fourth-order valence-corrected chi connectivity index (χ4v) is 3.74. The lowest BCUT2D eigenvalue weighted by molar-refractivity contribution is 1.12. The fraction of sp³-hybridized carbons (Fsp3) is 0. The first-order chi connectivity index (χ1) is 9.66. The van der Waals surface area contributed by atoms with E-state index in [9.17, 15) is 4.79 Å². The molecular formula is C14H8Br2N2OS. The van der Waals surface area contributed by atoms with Crippen molar-refractivity contribution in [1.29, 1.82) is 0 Å². The molecule has 100 valence electrons. The second kappa shape index (κ2) is 5.63. The molecule has 0 radical (unpaired) electrons. The molecule has 0 fully saturated rings. The fourth-order valence-electron chi connectivity index (χ4n) is 1.82. The Balaban J connectivity index is 2.24. The predicted octanol–water partition coefficient (Wildman–Crippen LogP) is 4.69. The molecular weight excluding hydrogens is 404 g/mol. The third-order valence-electron chi connectivity index (χ3n) is 2.74. The van der Waals surface area contributed by atoms with Gasteiger partial charge in [0, 0.05) is 10.0 Å². The van der Waals surface area contributed by atoms with E-state index in [0.717, 1.165) is 14.9 Å². The van der Waals surface area contributed by atoms with Gasteiger partial charge in [-0.3, -0.25) is 4.79 Å². The number of aromatic nitrogens is 2. The normalized spacial score (nSPS) is 10.7. The van der Waals surface area contributed by atoms with Crippen molar-refractivity contribution < 1.29 is 0 Å². The van der Waals surface area contributed by atoms with Gasteiger partial charge < -0.3 is 4.98 Å². The Hall–Kier alpha value is -1.24. The summed E-state index contributed by atoms with van der Waals surface area (Å²) < 4.78 is 1.37. The highest BCUT2D eigenvalue weighted by molar-refractivity contribution is 9.11. The number of H-pyrrole nitrogens is 1. The molecule has 0 spiro atoms. The first-order valence-electron chi connectivity index (χ1n) is 5.75. The first kappa shape index (κ1) is 13.7. The van der Waals surface area contributed by atoms with Gasteiger partial charge in [-0.15, -0.1) is 11.3 Å². The van der Waals surface area contributed by atoms with E-state index in [4.69, 9.17) is 0 Å². The van der Waals surface area contributed by atoms with Crippen molar-refractivity contribution in [3.8, 4) is 22.0 Å². The van der Waals surface area contributed by atoms with Gasteiger partial charge in [0.15, 0.2) is 5.82 Å². The summed E-state index contributed by atoms with van der Waals surface area (Å²) in [5, 5.41) is 1.95. The van der Waals surface area contributed by atoms with Crippen molar-refractivity contribution in [2.24, 2.45) is 0 Å². The van der Waals surface area contributed by atoms with Gasteiger partial charge in [-0.05, 0) is 43.3 Å². The number of hydrogen-bond acceptors (Lipinski definition) is 3. The number of rotatable bonds is 2. The molecule has 3 aromatic rings. The zero-order chi connectivity index (χ0) is 14.1. The van der Waals surface area contributed by atoms with Crippen LogP contribution in [-0.4, -0.2) is 9.97 Å². The Labute approximate surface area is 136 Å². The Morgan fingerprint density at radius 2 is 1.85 bits per heavy atom. The number of thiophene rings is 1. The molecule has 0 atom stereocenters. The zero-order valence-electron chi connectivity index (χ0n) is 10.1. The van der Waals surface area contributed by atoms with E-state index in [-0.39, 0.29) is 5.56 Å².